The Morgan fingerprint density at radius 3 is 1.13 bits per heavy atom. The number of azo groups is 2. The largest absolute Gasteiger partial charge is 0.322 e. The number of benzene rings is 5. The van der Waals surface area contributed by atoms with Gasteiger partial charge in [0.15, 0.2) is 11.6 Å². The predicted molar refractivity (Wildman–Crippen MR) is 243 cm³/mol. The number of hydrogen-bond acceptors (Lipinski definition) is 10. The summed E-state index contributed by atoms with van der Waals surface area (Å²) < 4.78 is 0. The lowest BCUT2D eigenvalue weighted by Crippen LogP contribution is -2.32. The fraction of sp³-hybridized carbons (Fsp3) is 0.100. The number of nitrogens with zero attached hydrogens (tertiary/aromatic N) is 4. The third-order valence-electron chi connectivity index (χ3n) is 8.19. The van der Waals surface area contributed by atoms with Gasteiger partial charge in [0.2, 0.25) is 12.1 Å². The first-order valence-electron chi connectivity index (χ1n) is 17.4. The topological polar surface area (TPSA) is 200 Å². The number of Topliss-reactive ketones (excluding diaryl/α,β-unsaturated/α-hetero) is 2. The molecule has 14 nitrogen and oxygen atoms in total. The van der Waals surface area contributed by atoms with E-state index in [1.807, 2.05) is 0 Å². The van der Waals surface area contributed by atoms with Crippen LogP contribution in [0.4, 0.5) is 34.1 Å². The second-order valence-electron chi connectivity index (χ2n) is 12.7. The van der Waals surface area contributed by atoms with Crippen LogP contribution in [-0.2, 0) is 19.2 Å². The van der Waals surface area contributed by atoms with Gasteiger partial charge < -0.3 is 21.3 Å². The summed E-state index contributed by atoms with van der Waals surface area (Å²) in [4.78, 5) is 77.6. The minimum absolute atomic E-state index is 0.0108. The zero-order chi connectivity index (χ0) is 45.4. The standard InChI is InChI=1S/C40H26Cl8N8O6/c1-17(57)35(55-53-21-5-7-25(43)23(15-21)37(59)49-29-9-3-19(41)13-27(29)45)39(61)51-31-11-12-32(34(48)33(31)47)52-40(62)36(18(2)58)56-54-22-6-8-26(44)24(16-22)38(60)50-30-10-4-20(42)14-28(30)46/h3-16,35-36H,1-2H3,(H,49,59)(H,50,60)(H,51,61)(H,52,62). The molecule has 0 fully saturated rings. The Kier molecular flexibility index (Phi) is 16.4. The van der Waals surface area contributed by atoms with Crippen molar-refractivity contribution in [2.75, 3.05) is 21.3 Å². The van der Waals surface area contributed by atoms with E-state index in [0.29, 0.717) is 10.0 Å². The van der Waals surface area contributed by atoms with Crippen LogP contribution in [0.2, 0.25) is 40.2 Å². The maximum Gasteiger partial charge on any atom is 0.258 e. The second kappa shape index (κ2) is 21.3. The molecule has 0 spiro atoms. The quantitative estimate of drug-likeness (QED) is 0.0630. The molecule has 62 heavy (non-hydrogen) atoms. The number of nitrogens with one attached hydrogen (secondary N) is 4. The Morgan fingerprint density at radius 2 is 0.790 bits per heavy atom. The highest BCUT2D eigenvalue weighted by molar-refractivity contribution is 6.46. The van der Waals surface area contributed by atoms with Gasteiger partial charge in [-0.15, -0.1) is 0 Å². The summed E-state index contributed by atoms with van der Waals surface area (Å²) in [6.07, 6.45) is 0. The van der Waals surface area contributed by atoms with E-state index in [9.17, 15) is 28.8 Å². The van der Waals surface area contributed by atoms with Gasteiger partial charge in [-0.25, -0.2) is 0 Å². The molecule has 2 unspecified atom stereocenters. The van der Waals surface area contributed by atoms with Crippen molar-refractivity contribution in [2.24, 2.45) is 20.5 Å². The molecule has 0 radical (unpaired) electrons. The van der Waals surface area contributed by atoms with Crippen molar-refractivity contribution < 1.29 is 28.8 Å². The van der Waals surface area contributed by atoms with Crippen molar-refractivity contribution in [2.45, 2.75) is 25.9 Å². The van der Waals surface area contributed by atoms with Gasteiger partial charge in [0.25, 0.3) is 23.6 Å². The van der Waals surface area contributed by atoms with Crippen LogP contribution >= 0.6 is 92.8 Å². The van der Waals surface area contributed by atoms with Crippen molar-refractivity contribution >= 4 is 162 Å². The van der Waals surface area contributed by atoms with Crippen LogP contribution in [-0.4, -0.2) is 47.3 Å². The summed E-state index contributed by atoms with van der Waals surface area (Å²) in [5.41, 5.74) is 0.522. The Balaban J connectivity index is 1.26. The molecule has 2 atom stereocenters. The molecule has 0 aromatic heterocycles. The van der Waals surface area contributed by atoms with E-state index in [4.69, 9.17) is 92.8 Å². The lowest BCUT2D eigenvalue weighted by Gasteiger charge is -2.15. The molecule has 22 heteroatoms. The normalized spacial score (nSPS) is 12.2. The summed E-state index contributed by atoms with van der Waals surface area (Å²) in [6.45, 7) is 2.22. The van der Waals surface area contributed by atoms with Crippen LogP contribution in [0.25, 0.3) is 0 Å². The zero-order valence-corrected chi connectivity index (χ0v) is 37.5. The Labute approximate surface area is 392 Å². The molecule has 4 amide bonds. The van der Waals surface area contributed by atoms with Gasteiger partial charge >= 0.3 is 0 Å². The molecule has 0 heterocycles. The molecular weight excluding hydrogens is 972 g/mol. The van der Waals surface area contributed by atoms with E-state index in [0.717, 1.165) is 13.8 Å². The number of hydrogen-bond donors (Lipinski definition) is 4. The van der Waals surface area contributed by atoms with E-state index in [1.54, 1.807) is 0 Å². The van der Waals surface area contributed by atoms with E-state index in [2.05, 4.69) is 41.7 Å². The molecule has 4 N–H and O–H groups in total. The van der Waals surface area contributed by atoms with Crippen LogP contribution in [0.5, 0.6) is 0 Å². The van der Waals surface area contributed by atoms with E-state index in [-0.39, 0.29) is 75.4 Å². The predicted octanol–water partition coefficient (Wildman–Crippen LogP) is 12.8. The van der Waals surface area contributed by atoms with Crippen LogP contribution < -0.4 is 21.3 Å². The van der Waals surface area contributed by atoms with Crippen LogP contribution in [0.15, 0.2) is 105 Å². The van der Waals surface area contributed by atoms with Gasteiger partial charge in [-0.2, -0.15) is 20.5 Å². The van der Waals surface area contributed by atoms with Crippen molar-refractivity contribution in [1.29, 1.82) is 0 Å². The van der Waals surface area contributed by atoms with Crippen LogP contribution in [0.3, 0.4) is 0 Å². The highest BCUT2D eigenvalue weighted by Gasteiger charge is 2.27. The molecule has 0 bridgehead atoms. The molecule has 0 aliphatic heterocycles. The van der Waals surface area contributed by atoms with Crippen molar-refractivity contribution in [3.63, 3.8) is 0 Å². The Hall–Kier alpha value is -5.16. The fourth-order valence-corrected chi connectivity index (χ4v) is 6.83. The minimum Gasteiger partial charge on any atom is -0.322 e. The van der Waals surface area contributed by atoms with Gasteiger partial charge in [0.1, 0.15) is 0 Å². The van der Waals surface area contributed by atoms with Gasteiger partial charge in [-0.3, -0.25) is 28.8 Å². The lowest BCUT2D eigenvalue weighted by molar-refractivity contribution is -0.127. The molecule has 0 aliphatic rings. The van der Waals surface area contributed by atoms with Gasteiger partial charge in [-0.1, -0.05) is 92.8 Å². The first-order valence-corrected chi connectivity index (χ1v) is 20.4. The maximum atomic E-state index is 13.3. The number of carbonyl (C=O) groups excluding carboxylic acids is 6. The monoisotopic (exact) mass is 994 g/mol. The van der Waals surface area contributed by atoms with Crippen molar-refractivity contribution in [3.05, 3.63) is 136 Å². The molecule has 5 aromatic carbocycles. The fourth-order valence-electron chi connectivity index (χ4n) is 5.09. The highest BCUT2D eigenvalue weighted by atomic mass is 35.5. The summed E-state index contributed by atoms with van der Waals surface area (Å²) in [5, 5.41) is 26.6. The number of carbonyl (C=O) groups is 6. The Morgan fingerprint density at radius 1 is 0.435 bits per heavy atom. The van der Waals surface area contributed by atoms with Gasteiger partial charge in [0, 0.05) is 10.0 Å². The Bertz CT molecular complexity index is 2530. The van der Waals surface area contributed by atoms with Crippen molar-refractivity contribution in [3.8, 4) is 0 Å². The molecule has 5 aromatic rings. The highest BCUT2D eigenvalue weighted by Crippen LogP contribution is 2.37. The number of anilines is 4. The number of rotatable bonds is 14. The molecule has 0 saturated carbocycles. The SMILES string of the molecule is CC(=O)C(N=Nc1ccc(Cl)c(C(=O)Nc2ccc(Cl)cc2Cl)c1)C(=O)Nc1ccc(NC(=O)C(N=Nc2ccc(Cl)c(C(=O)Nc3ccc(Cl)cc3Cl)c2)C(C)=O)c(Cl)c1Cl. The van der Waals surface area contributed by atoms with E-state index in [1.165, 1.54) is 84.9 Å². The second-order valence-corrected chi connectivity index (χ2v) is 16.0. The smallest absolute Gasteiger partial charge is 0.258 e. The summed E-state index contributed by atoms with van der Waals surface area (Å²) in [7, 11) is 0. The number of ketones is 2. The average Bonchev–Trinajstić information content (AvgIpc) is 3.20. The van der Waals surface area contributed by atoms with Crippen LogP contribution in [0, 0.1) is 0 Å². The third-order valence-corrected chi connectivity index (χ3v) is 10.8. The maximum absolute atomic E-state index is 13.3. The van der Waals surface area contributed by atoms with Crippen LogP contribution in [0.1, 0.15) is 34.6 Å². The lowest BCUT2D eigenvalue weighted by atomic mass is 10.1. The number of halogens is 8. The van der Waals surface area contributed by atoms with Gasteiger partial charge in [0.05, 0.1) is 75.4 Å². The zero-order valence-electron chi connectivity index (χ0n) is 31.5. The first-order chi connectivity index (χ1) is 29.3. The summed E-state index contributed by atoms with van der Waals surface area (Å²) >= 11 is 49.6. The van der Waals surface area contributed by atoms with Crippen molar-refractivity contribution in [1.82, 2.24) is 0 Å². The van der Waals surface area contributed by atoms with E-state index >= 15 is 0 Å². The molecule has 0 saturated heterocycles. The molecule has 0 aliphatic carbocycles. The molecular formula is C40H26Cl8N8O6. The molecule has 318 valence electrons. The average molecular weight is 998 g/mol. The third kappa shape index (κ3) is 12.3. The summed E-state index contributed by atoms with van der Waals surface area (Å²) in [5.74, 6) is -4.58. The van der Waals surface area contributed by atoms with Gasteiger partial charge in [-0.05, 0) is 98.8 Å². The van der Waals surface area contributed by atoms with E-state index < -0.39 is 47.3 Å². The number of amides is 4. The first kappa shape index (κ1) is 47.9. The molecule has 5 rings (SSSR count). The minimum atomic E-state index is -1.68. The summed E-state index contributed by atoms with van der Waals surface area (Å²) in [6, 6.07) is 16.3.